The maximum Gasteiger partial charge on any atom is 0.318 e. The smallest absolute Gasteiger partial charge is 0.318 e. The highest BCUT2D eigenvalue weighted by atomic mass is 16.7. The average Bonchev–Trinajstić information content (AvgIpc) is 3.21. The third-order valence-corrected chi connectivity index (χ3v) is 6.52. The lowest BCUT2D eigenvalue weighted by Crippen LogP contribution is -2.52. The molecule has 4 rings (SSSR count). The van der Waals surface area contributed by atoms with E-state index in [4.69, 9.17) is 9.47 Å². The molecule has 32 heavy (non-hydrogen) atoms. The van der Waals surface area contributed by atoms with Gasteiger partial charge in [0.25, 0.3) is 0 Å². The summed E-state index contributed by atoms with van der Waals surface area (Å²) in [7, 11) is 0. The second kappa shape index (κ2) is 9.41. The summed E-state index contributed by atoms with van der Waals surface area (Å²) in [5.41, 5.74) is 3.42. The fourth-order valence-corrected chi connectivity index (χ4v) is 5.04. The number of hydrogen-bond donors (Lipinski definition) is 1. The minimum atomic E-state index is -0.171. The number of urea groups is 1. The molecule has 2 atom stereocenters. The van der Waals surface area contributed by atoms with Gasteiger partial charge in [-0.1, -0.05) is 30.3 Å². The largest absolute Gasteiger partial charge is 0.454 e. The van der Waals surface area contributed by atoms with Crippen LogP contribution in [0.25, 0.3) is 0 Å². The van der Waals surface area contributed by atoms with Crippen molar-refractivity contribution in [1.29, 1.82) is 0 Å². The van der Waals surface area contributed by atoms with Gasteiger partial charge in [-0.3, -0.25) is 4.90 Å². The minimum absolute atomic E-state index is 0.0258. The van der Waals surface area contributed by atoms with Crippen molar-refractivity contribution in [2.45, 2.75) is 65.2 Å². The van der Waals surface area contributed by atoms with Crippen LogP contribution in [0, 0.1) is 0 Å². The zero-order chi connectivity index (χ0) is 22.8. The van der Waals surface area contributed by atoms with Crippen LogP contribution in [-0.4, -0.2) is 53.8 Å². The number of fused-ring (bicyclic) bond motifs is 2. The Hall–Kier alpha value is -2.73. The van der Waals surface area contributed by atoms with Crippen LogP contribution in [0.15, 0.2) is 42.5 Å². The SMILES string of the molecule is CC(C)N(CCNC(=O)N1C(C)Cc2cc3c(cc2C1c1ccccc1)OCO3)C(C)C. The first-order valence-electron chi connectivity index (χ1n) is 11.7. The number of rotatable bonds is 6. The van der Waals surface area contributed by atoms with E-state index in [1.54, 1.807) is 0 Å². The number of nitrogens with zero attached hydrogens (tertiary/aromatic N) is 2. The number of amides is 2. The summed E-state index contributed by atoms with van der Waals surface area (Å²) in [6.45, 7) is 12.6. The lowest BCUT2D eigenvalue weighted by Gasteiger charge is -2.42. The first kappa shape index (κ1) is 22.5. The van der Waals surface area contributed by atoms with Crippen molar-refractivity contribution in [1.82, 2.24) is 15.1 Å². The van der Waals surface area contributed by atoms with Crippen LogP contribution in [0.3, 0.4) is 0 Å². The summed E-state index contributed by atoms with van der Waals surface area (Å²) in [6.07, 6.45) is 0.785. The van der Waals surface area contributed by atoms with Gasteiger partial charge in [0.15, 0.2) is 11.5 Å². The molecule has 0 fully saturated rings. The van der Waals surface area contributed by atoms with E-state index in [9.17, 15) is 4.79 Å². The van der Waals surface area contributed by atoms with Crippen LogP contribution in [0.4, 0.5) is 4.79 Å². The Kier molecular flexibility index (Phi) is 6.60. The molecule has 0 saturated heterocycles. The maximum atomic E-state index is 13.5. The van der Waals surface area contributed by atoms with Crippen molar-refractivity contribution >= 4 is 6.03 Å². The van der Waals surface area contributed by atoms with Crippen molar-refractivity contribution < 1.29 is 14.3 Å². The number of hydrogen-bond acceptors (Lipinski definition) is 4. The molecule has 2 heterocycles. The Morgan fingerprint density at radius 1 is 1.09 bits per heavy atom. The number of benzene rings is 2. The Morgan fingerprint density at radius 3 is 2.41 bits per heavy atom. The maximum absolute atomic E-state index is 13.5. The van der Waals surface area contributed by atoms with E-state index in [-0.39, 0.29) is 24.9 Å². The van der Waals surface area contributed by atoms with Crippen LogP contribution in [0.2, 0.25) is 0 Å². The van der Waals surface area contributed by atoms with Crippen LogP contribution in [0.5, 0.6) is 11.5 Å². The predicted molar refractivity (Wildman–Crippen MR) is 126 cm³/mol. The fourth-order valence-electron chi connectivity index (χ4n) is 5.04. The highest BCUT2D eigenvalue weighted by Gasteiger charge is 2.38. The molecular weight excluding hydrogens is 402 g/mol. The third kappa shape index (κ3) is 4.42. The lowest BCUT2D eigenvalue weighted by molar-refractivity contribution is 0.145. The molecule has 0 bridgehead atoms. The molecule has 172 valence electrons. The summed E-state index contributed by atoms with van der Waals surface area (Å²) < 4.78 is 11.3. The molecule has 2 aromatic rings. The molecule has 0 spiro atoms. The highest BCUT2D eigenvalue weighted by Crippen LogP contribution is 2.44. The monoisotopic (exact) mass is 437 g/mol. The van der Waals surface area contributed by atoms with E-state index in [1.807, 2.05) is 23.1 Å². The third-order valence-electron chi connectivity index (χ3n) is 6.52. The van der Waals surface area contributed by atoms with E-state index in [0.29, 0.717) is 18.6 Å². The van der Waals surface area contributed by atoms with Crippen molar-refractivity contribution in [3.05, 3.63) is 59.2 Å². The molecule has 2 amide bonds. The Bertz CT molecular complexity index is 937. The van der Waals surface area contributed by atoms with E-state index in [1.165, 1.54) is 5.56 Å². The van der Waals surface area contributed by atoms with Gasteiger partial charge in [-0.05, 0) is 69.9 Å². The molecule has 0 radical (unpaired) electrons. The molecule has 2 unspecified atom stereocenters. The van der Waals surface area contributed by atoms with E-state index in [2.05, 4.69) is 69.1 Å². The number of carbonyl (C=O) groups excluding carboxylic acids is 1. The second-order valence-corrected chi connectivity index (χ2v) is 9.34. The molecule has 0 aliphatic carbocycles. The van der Waals surface area contributed by atoms with Gasteiger partial charge in [0.05, 0.1) is 6.04 Å². The molecule has 6 nitrogen and oxygen atoms in total. The minimum Gasteiger partial charge on any atom is -0.454 e. The molecular formula is C26H35N3O3. The van der Waals surface area contributed by atoms with Crippen molar-refractivity contribution in [3.63, 3.8) is 0 Å². The Labute approximate surface area is 191 Å². The van der Waals surface area contributed by atoms with Gasteiger partial charge >= 0.3 is 6.03 Å². The van der Waals surface area contributed by atoms with Gasteiger partial charge in [0.1, 0.15) is 0 Å². The van der Waals surface area contributed by atoms with Gasteiger partial charge in [0.2, 0.25) is 6.79 Å². The summed E-state index contributed by atoms with van der Waals surface area (Å²) in [5.74, 6) is 1.55. The summed E-state index contributed by atoms with van der Waals surface area (Å²) in [6, 6.07) is 15.1. The van der Waals surface area contributed by atoms with E-state index in [0.717, 1.165) is 35.6 Å². The normalized spacial score (nSPS) is 19.6. The van der Waals surface area contributed by atoms with Crippen LogP contribution in [0.1, 0.15) is 57.4 Å². The molecule has 2 aliphatic rings. The Morgan fingerprint density at radius 2 is 1.75 bits per heavy atom. The van der Waals surface area contributed by atoms with Gasteiger partial charge in [-0.2, -0.15) is 0 Å². The first-order valence-corrected chi connectivity index (χ1v) is 11.7. The summed E-state index contributed by atoms with van der Waals surface area (Å²) in [5, 5.41) is 3.20. The first-order chi connectivity index (χ1) is 15.4. The van der Waals surface area contributed by atoms with Gasteiger partial charge < -0.3 is 19.7 Å². The van der Waals surface area contributed by atoms with Crippen LogP contribution >= 0.6 is 0 Å². The number of carbonyl (C=O) groups is 1. The van der Waals surface area contributed by atoms with E-state index < -0.39 is 0 Å². The van der Waals surface area contributed by atoms with Crippen molar-refractivity contribution in [3.8, 4) is 11.5 Å². The molecule has 1 N–H and O–H groups in total. The fraction of sp³-hybridized carbons (Fsp3) is 0.500. The standard InChI is InChI=1S/C26H35N3O3/c1-17(2)28(18(3)4)12-11-27-26(30)29-19(5)13-21-14-23-24(32-16-31-23)15-22(21)25(29)20-9-7-6-8-10-20/h6-10,14-15,17-19,25H,11-13,16H2,1-5H3,(H,27,30). The van der Waals surface area contributed by atoms with E-state index >= 15 is 0 Å². The Balaban J connectivity index is 1.61. The average molecular weight is 438 g/mol. The number of ether oxygens (including phenoxy) is 2. The molecule has 6 heteroatoms. The summed E-state index contributed by atoms with van der Waals surface area (Å²) in [4.78, 5) is 17.9. The van der Waals surface area contributed by atoms with Crippen molar-refractivity contribution in [2.75, 3.05) is 19.9 Å². The zero-order valence-electron chi connectivity index (χ0n) is 19.8. The lowest BCUT2D eigenvalue weighted by atomic mass is 9.85. The van der Waals surface area contributed by atoms with Gasteiger partial charge in [-0.25, -0.2) is 4.79 Å². The molecule has 0 saturated carbocycles. The van der Waals surface area contributed by atoms with Gasteiger partial charge in [0, 0.05) is 31.2 Å². The molecule has 2 aromatic carbocycles. The zero-order valence-corrected chi connectivity index (χ0v) is 19.8. The van der Waals surface area contributed by atoms with Gasteiger partial charge in [-0.15, -0.1) is 0 Å². The molecule has 0 aromatic heterocycles. The van der Waals surface area contributed by atoms with Crippen molar-refractivity contribution in [2.24, 2.45) is 0 Å². The van der Waals surface area contributed by atoms with Crippen LogP contribution in [-0.2, 0) is 6.42 Å². The topological polar surface area (TPSA) is 54.0 Å². The summed E-state index contributed by atoms with van der Waals surface area (Å²) >= 11 is 0. The molecule has 2 aliphatic heterocycles. The number of nitrogens with one attached hydrogen (secondary N) is 1. The highest BCUT2D eigenvalue weighted by molar-refractivity contribution is 5.76. The van der Waals surface area contributed by atoms with Crippen LogP contribution < -0.4 is 14.8 Å². The predicted octanol–water partition coefficient (Wildman–Crippen LogP) is 4.58. The quantitative estimate of drug-likeness (QED) is 0.719. The second-order valence-electron chi connectivity index (χ2n) is 9.34.